The summed E-state index contributed by atoms with van der Waals surface area (Å²) in [5.41, 5.74) is 1.94. The number of rotatable bonds is 7. The van der Waals surface area contributed by atoms with Crippen LogP contribution in [0.15, 0.2) is 74.3 Å². The van der Waals surface area contributed by atoms with E-state index in [1.807, 2.05) is 24.3 Å². The van der Waals surface area contributed by atoms with Gasteiger partial charge in [-0.1, -0.05) is 28.1 Å². The normalized spacial score (nSPS) is 10.8. The molecule has 32 heavy (non-hydrogen) atoms. The number of ether oxygens (including phenoxy) is 4. The van der Waals surface area contributed by atoms with E-state index in [1.165, 1.54) is 27.4 Å². The maximum absolute atomic E-state index is 12.9. The summed E-state index contributed by atoms with van der Waals surface area (Å²) in [5, 5.41) is 0.439. The Bertz CT molecular complexity index is 1290. The Morgan fingerprint density at radius 2 is 1.53 bits per heavy atom. The van der Waals surface area contributed by atoms with Crippen molar-refractivity contribution in [3.8, 4) is 34.3 Å². The van der Waals surface area contributed by atoms with E-state index in [1.54, 1.807) is 30.3 Å². The third kappa shape index (κ3) is 4.43. The Kier molecular flexibility index (Phi) is 6.37. The summed E-state index contributed by atoms with van der Waals surface area (Å²) in [5.74, 6) is 2.40. The van der Waals surface area contributed by atoms with E-state index in [0.717, 1.165) is 10.0 Å². The van der Waals surface area contributed by atoms with Gasteiger partial charge in [0.2, 0.25) is 5.75 Å². The fraction of sp³-hybridized carbons (Fsp3) is 0.160. The number of hydrogen-bond acceptors (Lipinski definition) is 6. The first-order chi connectivity index (χ1) is 15.5. The molecule has 0 radical (unpaired) electrons. The fourth-order valence-corrected chi connectivity index (χ4v) is 3.60. The van der Waals surface area contributed by atoms with E-state index >= 15 is 0 Å². The summed E-state index contributed by atoms with van der Waals surface area (Å²) >= 11 is 3.42. The van der Waals surface area contributed by atoms with Gasteiger partial charge in [-0.15, -0.1) is 0 Å². The molecule has 1 aromatic heterocycles. The highest BCUT2D eigenvalue weighted by Crippen LogP contribution is 2.41. The van der Waals surface area contributed by atoms with Crippen molar-refractivity contribution in [1.82, 2.24) is 0 Å². The first kappa shape index (κ1) is 21.8. The van der Waals surface area contributed by atoms with Crippen molar-refractivity contribution in [2.24, 2.45) is 0 Å². The maximum Gasteiger partial charge on any atom is 0.203 e. The molecule has 0 aliphatic heterocycles. The predicted octanol–water partition coefficient (Wildman–Crippen LogP) is 5.83. The van der Waals surface area contributed by atoms with Crippen LogP contribution in [0.3, 0.4) is 0 Å². The lowest BCUT2D eigenvalue weighted by atomic mass is 10.1. The minimum absolute atomic E-state index is 0.177. The summed E-state index contributed by atoms with van der Waals surface area (Å²) < 4.78 is 29.0. The van der Waals surface area contributed by atoms with Gasteiger partial charge in [-0.2, -0.15) is 0 Å². The fourth-order valence-electron chi connectivity index (χ4n) is 3.34. The predicted molar refractivity (Wildman–Crippen MR) is 126 cm³/mol. The van der Waals surface area contributed by atoms with Crippen molar-refractivity contribution in [3.63, 3.8) is 0 Å². The molecular formula is C25H21BrO6. The number of methoxy groups -OCH3 is 3. The number of hydrogen-bond donors (Lipinski definition) is 0. The van der Waals surface area contributed by atoms with Gasteiger partial charge >= 0.3 is 0 Å². The topological polar surface area (TPSA) is 67.1 Å². The number of benzene rings is 3. The molecule has 0 fully saturated rings. The van der Waals surface area contributed by atoms with Crippen molar-refractivity contribution < 1.29 is 23.4 Å². The molecule has 6 nitrogen and oxygen atoms in total. The summed E-state index contributed by atoms with van der Waals surface area (Å²) in [6.45, 7) is 0.396. The van der Waals surface area contributed by atoms with Gasteiger partial charge < -0.3 is 23.4 Å². The minimum atomic E-state index is -0.177. The van der Waals surface area contributed by atoms with Gasteiger partial charge in [-0.3, -0.25) is 4.79 Å². The second kappa shape index (κ2) is 9.36. The zero-order valence-electron chi connectivity index (χ0n) is 17.8. The molecule has 0 unspecified atom stereocenters. The maximum atomic E-state index is 12.9. The molecule has 4 rings (SSSR count). The van der Waals surface area contributed by atoms with Crippen molar-refractivity contribution in [3.05, 3.63) is 80.9 Å². The van der Waals surface area contributed by atoms with Crippen LogP contribution in [-0.4, -0.2) is 21.3 Å². The lowest BCUT2D eigenvalue weighted by Crippen LogP contribution is -2.02. The molecule has 164 valence electrons. The lowest BCUT2D eigenvalue weighted by Gasteiger charge is -2.14. The highest BCUT2D eigenvalue weighted by molar-refractivity contribution is 9.10. The van der Waals surface area contributed by atoms with E-state index in [4.69, 9.17) is 23.4 Å². The highest BCUT2D eigenvalue weighted by atomic mass is 79.9. The second-order valence-electron chi connectivity index (χ2n) is 6.96. The van der Waals surface area contributed by atoms with Crippen molar-refractivity contribution >= 4 is 26.9 Å². The van der Waals surface area contributed by atoms with Crippen LogP contribution in [0.5, 0.6) is 23.0 Å². The Morgan fingerprint density at radius 3 is 2.16 bits per heavy atom. The van der Waals surface area contributed by atoms with Crippen LogP contribution in [0.1, 0.15) is 5.56 Å². The molecule has 7 heteroatoms. The van der Waals surface area contributed by atoms with E-state index in [0.29, 0.717) is 51.9 Å². The zero-order chi connectivity index (χ0) is 22.7. The molecule has 0 N–H and O–H groups in total. The molecule has 0 amide bonds. The molecular weight excluding hydrogens is 476 g/mol. The van der Waals surface area contributed by atoms with Gasteiger partial charge in [-0.05, 0) is 48.0 Å². The quantitative estimate of drug-likeness (QED) is 0.320. The zero-order valence-corrected chi connectivity index (χ0v) is 19.4. The van der Waals surface area contributed by atoms with E-state index < -0.39 is 0 Å². The van der Waals surface area contributed by atoms with Gasteiger partial charge in [0.15, 0.2) is 16.9 Å². The molecule has 0 bridgehead atoms. The van der Waals surface area contributed by atoms with E-state index in [9.17, 15) is 4.79 Å². The van der Waals surface area contributed by atoms with Crippen LogP contribution >= 0.6 is 15.9 Å². The number of halogens is 1. The van der Waals surface area contributed by atoms with Crippen molar-refractivity contribution in [1.29, 1.82) is 0 Å². The average Bonchev–Trinajstić information content (AvgIpc) is 2.82. The Labute approximate surface area is 193 Å². The third-order valence-electron chi connectivity index (χ3n) is 4.97. The first-order valence-electron chi connectivity index (χ1n) is 9.78. The second-order valence-corrected chi connectivity index (χ2v) is 7.88. The molecule has 0 atom stereocenters. The first-order valence-corrected chi connectivity index (χ1v) is 10.6. The molecule has 0 saturated carbocycles. The summed E-state index contributed by atoms with van der Waals surface area (Å²) in [6.07, 6.45) is 0. The standard InChI is InChI=1S/C25H21BrO6/c1-28-23-10-16(11-24(29-2)25(23)30-3)22-13-20(27)19-12-18(8-9-21(19)32-22)31-14-15-4-6-17(26)7-5-15/h4-13H,14H2,1-3H3. The lowest BCUT2D eigenvalue weighted by molar-refractivity contribution is 0.306. The molecule has 0 aliphatic carbocycles. The monoisotopic (exact) mass is 496 g/mol. The Morgan fingerprint density at radius 1 is 0.844 bits per heavy atom. The van der Waals surface area contributed by atoms with Gasteiger partial charge in [-0.25, -0.2) is 0 Å². The molecule has 1 heterocycles. The van der Waals surface area contributed by atoms with Crippen LogP contribution in [0.4, 0.5) is 0 Å². The van der Waals surface area contributed by atoms with E-state index in [2.05, 4.69) is 15.9 Å². The summed E-state index contributed by atoms with van der Waals surface area (Å²) in [6, 6.07) is 18.0. The Balaban J connectivity index is 1.67. The van der Waals surface area contributed by atoms with Crippen molar-refractivity contribution in [2.75, 3.05) is 21.3 Å². The minimum Gasteiger partial charge on any atom is -0.493 e. The van der Waals surface area contributed by atoms with Gasteiger partial charge in [0.25, 0.3) is 0 Å². The number of fused-ring (bicyclic) bond motifs is 1. The third-order valence-corrected chi connectivity index (χ3v) is 5.50. The van der Waals surface area contributed by atoms with E-state index in [-0.39, 0.29) is 5.43 Å². The van der Waals surface area contributed by atoms with Crippen LogP contribution in [0.2, 0.25) is 0 Å². The van der Waals surface area contributed by atoms with Gasteiger partial charge in [0, 0.05) is 16.1 Å². The SMILES string of the molecule is COc1cc(-c2cc(=O)c3cc(OCc4ccc(Br)cc4)ccc3o2)cc(OC)c1OC. The van der Waals surface area contributed by atoms with Crippen LogP contribution in [0.25, 0.3) is 22.3 Å². The average molecular weight is 497 g/mol. The summed E-state index contributed by atoms with van der Waals surface area (Å²) in [4.78, 5) is 12.9. The molecule has 0 saturated heterocycles. The largest absolute Gasteiger partial charge is 0.493 e. The molecule has 0 aliphatic rings. The Hall–Kier alpha value is -3.45. The smallest absolute Gasteiger partial charge is 0.203 e. The molecule has 3 aromatic carbocycles. The van der Waals surface area contributed by atoms with Crippen LogP contribution in [0, 0.1) is 0 Å². The molecule has 0 spiro atoms. The summed E-state index contributed by atoms with van der Waals surface area (Å²) in [7, 11) is 4.60. The van der Waals surface area contributed by atoms with Gasteiger partial charge in [0.05, 0.1) is 26.7 Å². The van der Waals surface area contributed by atoms with Crippen molar-refractivity contribution in [2.45, 2.75) is 6.61 Å². The van der Waals surface area contributed by atoms with Gasteiger partial charge in [0.1, 0.15) is 23.7 Å². The highest BCUT2D eigenvalue weighted by Gasteiger charge is 2.16. The van der Waals surface area contributed by atoms with Crippen LogP contribution < -0.4 is 24.4 Å². The molecule has 4 aromatic rings. The van der Waals surface area contributed by atoms with Crippen LogP contribution in [-0.2, 0) is 6.61 Å².